The van der Waals surface area contributed by atoms with Crippen molar-refractivity contribution in [1.82, 2.24) is 5.32 Å². The first-order valence-corrected chi connectivity index (χ1v) is 6.50. The molecule has 0 aliphatic rings. The molecule has 21 heavy (non-hydrogen) atoms. The van der Waals surface area contributed by atoms with Crippen LogP contribution >= 0.6 is 0 Å². The van der Waals surface area contributed by atoms with E-state index in [0.29, 0.717) is 17.1 Å². The fourth-order valence-corrected chi connectivity index (χ4v) is 1.94. The topological polar surface area (TPSA) is 86.3 Å². The summed E-state index contributed by atoms with van der Waals surface area (Å²) in [7, 11) is 0. The smallest absolute Gasteiger partial charge is 0.252 e. The van der Waals surface area contributed by atoms with Gasteiger partial charge in [-0.3, -0.25) is 4.79 Å². The number of aliphatic hydroxyl groups is 1. The third kappa shape index (κ3) is 3.30. The molecule has 1 unspecified atom stereocenters. The number of aryl methyl sites for hydroxylation is 1. The molecule has 0 spiro atoms. The summed E-state index contributed by atoms with van der Waals surface area (Å²) in [5, 5.41) is 22.0. The zero-order valence-electron chi connectivity index (χ0n) is 11.9. The minimum Gasteiger partial charge on any atom is -0.463 e. The molecule has 2 aromatic rings. The molecule has 0 radical (unpaired) electrons. The number of hydrogen-bond acceptors (Lipinski definition) is 4. The number of hydrogen-bond donors (Lipinski definition) is 2. The van der Waals surface area contributed by atoms with Crippen LogP contribution in [0.15, 0.2) is 40.8 Å². The number of carbonyl (C=O) groups excluding carboxylic acids is 1. The lowest BCUT2D eigenvalue weighted by Crippen LogP contribution is -2.38. The molecule has 1 amide bonds. The quantitative estimate of drug-likeness (QED) is 0.900. The number of nitrogens with one attached hydrogen (secondary N) is 1. The average molecular weight is 284 g/mol. The van der Waals surface area contributed by atoms with E-state index in [0.717, 1.165) is 0 Å². The summed E-state index contributed by atoms with van der Waals surface area (Å²) in [6.45, 7) is 3.32. The van der Waals surface area contributed by atoms with Crippen molar-refractivity contribution >= 4 is 5.91 Å². The molecular formula is C16H16N2O3. The van der Waals surface area contributed by atoms with Gasteiger partial charge in [0.25, 0.3) is 5.91 Å². The molecular weight excluding hydrogens is 268 g/mol. The van der Waals surface area contributed by atoms with Gasteiger partial charge in [0.15, 0.2) is 0 Å². The average Bonchev–Trinajstić information content (AvgIpc) is 2.92. The fourth-order valence-electron chi connectivity index (χ4n) is 1.94. The van der Waals surface area contributed by atoms with Crippen molar-refractivity contribution in [2.75, 3.05) is 6.54 Å². The Labute approximate surface area is 122 Å². The van der Waals surface area contributed by atoms with Crippen molar-refractivity contribution < 1.29 is 14.3 Å². The summed E-state index contributed by atoms with van der Waals surface area (Å²) in [4.78, 5) is 12.1. The second-order valence-electron chi connectivity index (χ2n) is 5.02. The predicted octanol–water partition coefficient (Wildman–Crippen LogP) is 2.10. The molecule has 0 aliphatic heterocycles. The first-order valence-electron chi connectivity index (χ1n) is 6.50. The Morgan fingerprint density at radius 2 is 2.10 bits per heavy atom. The molecule has 1 atom stereocenters. The highest BCUT2D eigenvalue weighted by atomic mass is 16.4. The Hall–Kier alpha value is -2.58. The first-order chi connectivity index (χ1) is 9.94. The number of furan rings is 1. The molecule has 0 bridgehead atoms. The van der Waals surface area contributed by atoms with Crippen LogP contribution in [0.4, 0.5) is 0 Å². The van der Waals surface area contributed by atoms with Gasteiger partial charge in [0, 0.05) is 0 Å². The molecule has 108 valence electrons. The van der Waals surface area contributed by atoms with Crippen molar-refractivity contribution in [2.45, 2.75) is 19.4 Å². The van der Waals surface area contributed by atoms with E-state index in [1.807, 2.05) is 6.07 Å². The van der Waals surface area contributed by atoms with Crippen LogP contribution in [0, 0.1) is 18.3 Å². The Bertz CT molecular complexity index is 696. The van der Waals surface area contributed by atoms with E-state index in [2.05, 4.69) is 5.32 Å². The summed E-state index contributed by atoms with van der Waals surface area (Å²) in [6.07, 6.45) is 0. The van der Waals surface area contributed by atoms with E-state index in [4.69, 9.17) is 9.68 Å². The van der Waals surface area contributed by atoms with E-state index < -0.39 is 11.5 Å². The summed E-state index contributed by atoms with van der Waals surface area (Å²) in [6, 6.07) is 11.9. The van der Waals surface area contributed by atoms with Crippen LogP contribution in [0.3, 0.4) is 0 Å². The molecule has 0 saturated heterocycles. The number of nitriles is 1. The molecule has 1 aromatic heterocycles. The molecule has 0 aliphatic carbocycles. The summed E-state index contributed by atoms with van der Waals surface area (Å²) >= 11 is 0. The van der Waals surface area contributed by atoms with Crippen molar-refractivity contribution in [1.29, 1.82) is 5.26 Å². The van der Waals surface area contributed by atoms with Crippen LogP contribution in [0.1, 0.15) is 34.4 Å². The molecule has 5 nitrogen and oxygen atoms in total. The van der Waals surface area contributed by atoms with Gasteiger partial charge in [0.2, 0.25) is 0 Å². The molecule has 1 heterocycles. The zero-order chi connectivity index (χ0) is 15.5. The number of amides is 1. The monoisotopic (exact) mass is 284 g/mol. The lowest BCUT2D eigenvalue weighted by molar-refractivity contribution is 0.0323. The number of carbonyl (C=O) groups is 1. The number of nitrogens with zero attached hydrogens (tertiary/aromatic N) is 1. The SMILES string of the molecule is Cc1ccc(C(C)(O)CNC(=O)c2ccccc2C#N)o1. The molecule has 0 saturated carbocycles. The van der Waals surface area contributed by atoms with Crippen LogP contribution < -0.4 is 5.32 Å². The highest BCUT2D eigenvalue weighted by Crippen LogP contribution is 2.22. The normalized spacial score (nSPS) is 13.2. The van der Waals surface area contributed by atoms with Crippen molar-refractivity contribution in [3.8, 4) is 6.07 Å². The maximum atomic E-state index is 12.1. The molecule has 1 aromatic carbocycles. The van der Waals surface area contributed by atoms with Gasteiger partial charge in [0.1, 0.15) is 17.1 Å². The van der Waals surface area contributed by atoms with Crippen LogP contribution in [-0.4, -0.2) is 17.6 Å². The Balaban J connectivity index is 2.09. The second kappa shape index (κ2) is 5.81. The van der Waals surface area contributed by atoms with Gasteiger partial charge in [-0.1, -0.05) is 12.1 Å². The van der Waals surface area contributed by atoms with Crippen LogP contribution in [-0.2, 0) is 5.60 Å². The Kier molecular flexibility index (Phi) is 4.10. The van der Waals surface area contributed by atoms with E-state index >= 15 is 0 Å². The lowest BCUT2D eigenvalue weighted by atomic mass is 10.0. The van der Waals surface area contributed by atoms with Gasteiger partial charge in [0.05, 0.1) is 23.7 Å². The number of benzene rings is 1. The summed E-state index contributed by atoms with van der Waals surface area (Å²) in [5.74, 6) is 0.663. The Morgan fingerprint density at radius 3 is 2.71 bits per heavy atom. The molecule has 5 heteroatoms. The van der Waals surface area contributed by atoms with Gasteiger partial charge < -0.3 is 14.8 Å². The summed E-state index contributed by atoms with van der Waals surface area (Å²) in [5.41, 5.74) is -0.735. The van der Waals surface area contributed by atoms with E-state index in [9.17, 15) is 9.90 Å². The fraction of sp³-hybridized carbons (Fsp3) is 0.250. The summed E-state index contributed by atoms with van der Waals surface area (Å²) < 4.78 is 5.38. The maximum Gasteiger partial charge on any atom is 0.252 e. The van der Waals surface area contributed by atoms with Crippen molar-refractivity contribution in [3.63, 3.8) is 0 Å². The first kappa shape index (κ1) is 14.8. The van der Waals surface area contributed by atoms with Gasteiger partial charge in [-0.2, -0.15) is 5.26 Å². The number of rotatable bonds is 4. The largest absolute Gasteiger partial charge is 0.463 e. The molecule has 2 N–H and O–H groups in total. The molecule has 0 fully saturated rings. The van der Waals surface area contributed by atoms with Crippen LogP contribution in [0.5, 0.6) is 0 Å². The highest BCUT2D eigenvalue weighted by molar-refractivity contribution is 5.96. The second-order valence-corrected chi connectivity index (χ2v) is 5.02. The standard InChI is InChI=1S/C16H16N2O3/c1-11-7-8-14(21-11)16(2,20)10-18-15(19)13-6-4-3-5-12(13)9-17/h3-8,20H,10H2,1-2H3,(H,18,19). The van der Waals surface area contributed by atoms with Crippen molar-refractivity contribution in [3.05, 3.63) is 59.0 Å². The predicted molar refractivity (Wildman–Crippen MR) is 76.5 cm³/mol. The van der Waals surface area contributed by atoms with Gasteiger partial charge in [-0.25, -0.2) is 0 Å². The minimum absolute atomic E-state index is 0.0153. The zero-order valence-corrected chi connectivity index (χ0v) is 11.9. The van der Waals surface area contributed by atoms with Gasteiger partial charge in [-0.05, 0) is 38.1 Å². The van der Waals surface area contributed by atoms with E-state index in [1.54, 1.807) is 50.2 Å². The van der Waals surface area contributed by atoms with Gasteiger partial charge >= 0.3 is 0 Å². The Morgan fingerprint density at radius 1 is 1.38 bits per heavy atom. The molecule has 2 rings (SSSR count). The third-order valence-corrected chi connectivity index (χ3v) is 3.16. The van der Waals surface area contributed by atoms with E-state index in [1.165, 1.54) is 0 Å². The van der Waals surface area contributed by atoms with Crippen LogP contribution in [0.2, 0.25) is 0 Å². The van der Waals surface area contributed by atoms with Crippen LogP contribution in [0.25, 0.3) is 0 Å². The highest BCUT2D eigenvalue weighted by Gasteiger charge is 2.27. The lowest BCUT2D eigenvalue weighted by Gasteiger charge is -2.21. The van der Waals surface area contributed by atoms with E-state index in [-0.39, 0.29) is 12.1 Å². The maximum absolute atomic E-state index is 12.1. The van der Waals surface area contributed by atoms with Gasteiger partial charge in [-0.15, -0.1) is 0 Å². The minimum atomic E-state index is -1.31. The van der Waals surface area contributed by atoms with Crippen molar-refractivity contribution in [2.24, 2.45) is 0 Å². The third-order valence-electron chi connectivity index (χ3n) is 3.16.